The first kappa shape index (κ1) is 14.2. The average Bonchev–Trinajstić information content (AvgIpc) is 2.84. The molecule has 1 fully saturated rings. The van der Waals surface area contributed by atoms with E-state index in [1.54, 1.807) is 18.2 Å². The minimum Gasteiger partial charge on any atom is -0.478 e. The van der Waals surface area contributed by atoms with Crippen LogP contribution in [0.15, 0.2) is 18.2 Å². The fourth-order valence-corrected chi connectivity index (χ4v) is 3.08. The second kappa shape index (κ2) is 5.20. The Morgan fingerprint density at radius 1 is 1.57 bits per heavy atom. The summed E-state index contributed by atoms with van der Waals surface area (Å²) in [6.45, 7) is 6.12. The SMILES string of the molecule is CCC1COCCN1[C@@]1(C)Nc2c(cccc2C(=O)O)O1. The molecular formula is C15H20N2O4. The number of rotatable bonds is 3. The molecule has 1 unspecified atom stereocenters. The van der Waals surface area contributed by atoms with Gasteiger partial charge in [0.25, 0.3) is 0 Å². The molecule has 1 aromatic rings. The van der Waals surface area contributed by atoms with Gasteiger partial charge in [-0.15, -0.1) is 0 Å². The van der Waals surface area contributed by atoms with Crippen LogP contribution in [0.2, 0.25) is 0 Å². The van der Waals surface area contributed by atoms with Crippen LogP contribution < -0.4 is 10.1 Å². The molecule has 0 amide bonds. The standard InChI is InChI=1S/C15H20N2O4/c1-3-10-9-20-8-7-17(10)15(2)16-13-11(14(18)19)5-4-6-12(13)21-15/h4-6,10,16H,3,7-9H2,1-2H3,(H,18,19)/t10?,15-/m1/s1. The van der Waals surface area contributed by atoms with Crippen molar-refractivity contribution in [1.29, 1.82) is 0 Å². The summed E-state index contributed by atoms with van der Waals surface area (Å²) in [6.07, 6.45) is 0.947. The van der Waals surface area contributed by atoms with E-state index < -0.39 is 11.8 Å². The lowest BCUT2D eigenvalue weighted by atomic mass is 10.1. The van der Waals surface area contributed by atoms with Crippen LogP contribution in [-0.2, 0) is 4.74 Å². The maximum absolute atomic E-state index is 11.3. The summed E-state index contributed by atoms with van der Waals surface area (Å²) in [4.78, 5) is 13.5. The predicted molar refractivity (Wildman–Crippen MR) is 77.7 cm³/mol. The van der Waals surface area contributed by atoms with Crippen molar-refractivity contribution in [1.82, 2.24) is 4.90 Å². The maximum atomic E-state index is 11.3. The van der Waals surface area contributed by atoms with Crippen LogP contribution in [0.25, 0.3) is 0 Å². The Morgan fingerprint density at radius 2 is 2.38 bits per heavy atom. The van der Waals surface area contributed by atoms with Gasteiger partial charge in [-0.25, -0.2) is 9.69 Å². The number of hydrogen-bond donors (Lipinski definition) is 2. The summed E-state index contributed by atoms with van der Waals surface area (Å²) >= 11 is 0. The Balaban J connectivity index is 1.92. The smallest absolute Gasteiger partial charge is 0.337 e. The Labute approximate surface area is 123 Å². The number of aromatic carboxylic acids is 1. The molecule has 2 heterocycles. The van der Waals surface area contributed by atoms with E-state index in [4.69, 9.17) is 9.47 Å². The molecule has 114 valence electrons. The molecule has 2 atom stereocenters. The van der Waals surface area contributed by atoms with Gasteiger partial charge in [0, 0.05) is 19.5 Å². The van der Waals surface area contributed by atoms with Gasteiger partial charge >= 0.3 is 5.97 Å². The molecule has 1 saturated heterocycles. The van der Waals surface area contributed by atoms with Gasteiger partial charge in [-0.1, -0.05) is 13.0 Å². The number of carboxylic acid groups (broad SMARTS) is 1. The lowest BCUT2D eigenvalue weighted by molar-refractivity contribution is -0.120. The highest BCUT2D eigenvalue weighted by atomic mass is 16.5. The van der Waals surface area contributed by atoms with E-state index in [9.17, 15) is 9.90 Å². The molecule has 2 aliphatic heterocycles. The molecule has 1 aromatic carbocycles. The van der Waals surface area contributed by atoms with Crippen molar-refractivity contribution in [2.75, 3.05) is 25.1 Å². The average molecular weight is 292 g/mol. The summed E-state index contributed by atoms with van der Waals surface area (Å²) in [5.74, 6) is -1.11. The third kappa shape index (κ3) is 2.34. The van der Waals surface area contributed by atoms with Crippen molar-refractivity contribution in [3.05, 3.63) is 23.8 Å². The maximum Gasteiger partial charge on any atom is 0.337 e. The number of benzene rings is 1. The minimum absolute atomic E-state index is 0.234. The summed E-state index contributed by atoms with van der Waals surface area (Å²) in [7, 11) is 0. The van der Waals surface area contributed by atoms with Crippen molar-refractivity contribution in [3.8, 4) is 5.75 Å². The highest BCUT2D eigenvalue weighted by Gasteiger charge is 2.45. The highest BCUT2D eigenvalue weighted by molar-refractivity contribution is 5.96. The molecule has 0 aliphatic carbocycles. The number of carboxylic acids is 1. The quantitative estimate of drug-likeness (QED) is 0.887. The van der Waals surface area contributed by atoms with Crippen LogP contribution in [0, 0.1) is 0 Å². The van der Waals surface area contributed by atoms with Crippen molar-refractivity contribution in [2.45, 2.75) is 32.2 Å². The van der Waals surface area contributed by atoms with Crippen LogP contribution in [0.4, 0.5) is 5.69 Å². The predicted octanol–water partition coefficient (Wildman–Crippen LogP) is 1.97. The van der Waals surface area contributed by atoms with E-state index in [1.807, 2.05) is 6.92 Å². The third-order valence-corrected chi connectivity index (χ3v) is 4.17. The topological polar surface area (TPSA) is 71.0 Å². The number of hydrogen-bond acceptors (Lipinski definition) is 5. The van der Waals surface area contributed by atoms with E-state index in [0.29, 0.717) is 24.7 Å². The number of carbonyl (C=O) groups is 1. The zero-order valence-corrected chi connectivity index (χ0v) is 12.3. The largest absolute Gasteiger partial charge is 0.478 e. The zero-order chi connectivity index (χ0) is 15.0. The van der Waals surface area contributed by atoms with Crippen molar-refractivity contribution in [3.63, 3.8) is 0 Å². The van der Waals surface area contributed by atoms with Crippen molar-refractivity contribution in [2.24, 2.45) is 0 Å². The first-order chi connectivity index (χ1) is 10.0. The number of nitrogens with one attached hydrogen (secondary N) is 1. The fraction of sp³-hybridized carbons (Fsp3) is 0.533. The summed E-state index contributed by atoms with van der Waals surface area (Å²) in [5.41, 5.74) is 0.784. The first-order valence-electron chi connectivity index (χ1n) is 7.23. The van der Waals surface area contributed by atoms with E-state index >= 15 is 0 Å². The Kier molecular flexibility index (Phi) is 3.51. The van der Waals surface area contributed by atoms with Crippen LogP contribution in [0.3, 0.4) is 0 Å². The number of morpholine rings is 1. The Morgan fingerprint density at radius 3 is 3.10 bits per heavy atom. The van der Waals surface area contributed by atoms with Crippen LogP contribution >= 0.6 is 0 Å². The van der Waals surface area contributed by atoms with Crippen LogP contribution in [0.5, 0.6) is 5.75 Å². The Hall–Kier alpha value is -1.79. The molecule has 0 radical (unpaired) electrons. The van der Waals surface area contributed by atoms with Gasteiger partial charge in [-0.3, -0.25) is 0 Å². The molecule has 6 heteroatoms. The molecule has 2 N–H and O–H groups in total. The third-order valence-electron chi connectivity index (χ3n) is 4.17. The number of para-hydroxylation sites is 1. The minimum atomic E-state index is -0.957. The van der Waals surface area contributed by atoms with E-state index in [-0.39, 0.29) is 11.6 Å². The van der Waals surface area contributed by atoms with E-state index in [1.165, 1.54) is 0 Å². The van der Waals surface area contributed by atoms with Gasteiger partial charge in [0.2, 0.25) is 5.85 Å². The van der Waals surface area contributed by atoms with Crippen LogP contribution in [0.1, 0.15) is 30.6 Å². The summed E-state index contributed by atoms with van der Waals surface area (Å²) in [5, 5.41) is 12.6. The molecule has 0 saturated carbocycles. The molecule has 21 heavy (non-hydrogen) atoms. The fourth-order valence-electron chi connectivity index (χ4n) is 3.08. The Bertz CT molecular complexity index is 563. The monoisotopic (exact) mass is 292 g/mol. The molecule has 0 spiro atoms. The van der Waals surface area contributed by atoms with Crippen molar-refractivity contribution < 1.29 is 19.4 Å². The molecule has 0 bridgehead atoms. The van der Waals surface area contributed by atoms with Gasteiger partial charge < -0.3 is 19.9 Å². The van der Waals surface area contributed by atoms with Gasteiger partial charge in [-0.2, -0.15) is 0 Å². The lowest BCUT2D eigenvalue weighted by Crippen LogP contribution is -2.62. The summed E-state index contributed by atoms with van der Waals surface area (Å²) < 4.78 is 11.6. The zero-order valence-electron chi connectivity index (χ0n) is 12.3. The second-order valence-corrected chi connectivity index (χ2v) is 5.52. The molecular weight excluding hydrogens is 272 g/mol. The number of ether oxygens (including phenoxy) is 2. The van der Waals surface area contributed by atoms with E-state index in [2.05, 4.69) is 17.1 Å². The molecule has 0 aromatic heterocycles. The summed E-state index contributed by atoms with van der Waals surface area (Å²) in [6, 6.07) is 5.33. The number of nitrogens with zero attached hydrogens (tertiary/aromatic N) is 1. The number of anilines is 1. The second-order valence-electron chi connectivity index (χ2n) is 5.52. The normalized spacial score (nSPS) is 28.6. The van der Waals surface area contributed by atoms with Gasteiger partial charge in [0.05, 0.1) is 24.5 Å². The van der Waals surface area contributed by atoms with Gasteiger partial charge in [0.15, 0.2) is 0 Å². The van der Waals surface area contributed by atoms with Crippen molar-refractivity contribution >= 4 is 11.7 Å². The lowest BCUT2D eigenvalue weighted by Gasteiger charge is -2.44. The molecule has 6 nitrogen and oxygen atoms in total. The number of fused-ring (bicyclic) bond motifs is 1. The highest BCUT2D eigenvalue weighted by Crippen LogP contribution is 2.41. The van der Waals surface area contributed by atoms with Gasteiger partial charge in [0.1, 0.15) is 5.75 Å². The first-order valence-corrected chi connectivity index (χ1v) is 7.23. The van der Waals surface area contributed by atoms with Gasteiger partial charge in [-0.05, 0) is 18.6 Å². The van der Waals surface area contributed by atoms with Crippen LogP contribution in [-0.4, -0.2) is 47.6 Å². The molecule has 2 aliphatic rings. The molecule has 3 rings (SSSR count). The van der Waals surface area contributed by atoms with E-state index in [0.717, 1.165) is 13.0 Å².